The molecule has 64 valence electrons. The fourth-order valence-electron chi connectivity index (χ4n) is 1.43. The molecule has 0 fully saturated rings. The van der Waals surface area contributed by atoms with E-state index in [0.29, 0.717) is 12.2 Å². The van der Waals surface area contributed by atoms with Crippen LogP contribution in [0.3, 0.4) is 0 Å². The van der Waals surface area contributed by atoms with Crippen molar-refractivity contribution < 1.29 is 4.79 Å². The highest BCUT2D eigenvalue weighted by molar-refractivity contribution is 9.10. The first-order valence-electron chi connectivity index (χ1n) is 3.69. The molecule has 5 heteroatoms. The fourth-order valence-corrected chi connectivity index (χ4v) is 2.05. The molecule has 1 amide bonds. The van der Waals surface area contributed by atoms with Gasteiger partial charge in [0.1, 0.15) is 10.3 Å². The van der Waals surface area contributed by atoms with Crippen molar-refractivity contribution in [3.63, 3.8) is 0 Å². The van der Waals surface area contributed by atoms with Gasteiger partial charge < -0.3 is 5.32 Å². The van der Waals surface area contributed by atoms with Crippen LogP contribution in [-0.2, 0) is 13.5 Å². The molecule has 0 saturated heterocycles. The van der Waals surface area contributed by atoms with Crippen LogP contribution >= 0.6 is 15.9 Å². The number of carbonyl (C=O) groups excluding carboxylic acids is 1. The molecule has 2 rings (SSSR count). The van der Waals surface area contributed by atoms with Crippen LogP contribution in [0.5, 0.6) is 0 Å². The molecule has 12 heavy (non-hydrogen) atoms. The molecular formula is C7H8BrN3O. The summed E-state index contributed by atoms with van der Waals surface area (Å²) in [6.45, 7) is 0.704. The summed E-state index contributed by atoms with van der Waals surface area (Å²) in [4.78, 5) is 11.3. The number of hydrogen-bond acceptors (Lipinski definition) is 2. The van der Waals surface area contributed by atoms with Gasteiger partial charge in [0.05, 0.1) is 0 Å². The van der Waals surface area contributed by atoms with Crippen molar-refractivity contribution in [2.45, 2.75) is 6.42 Å². The zero-order valence-electron chi connectivity index (χ0n) is 6.59. The smallest absolute Gasteiger partial charge is 0.269 e. The Bertz CT molecular complexity index is 345. The normalized spacial score (nSPS) is 15.7. The first-order valence-corrected chi connectivity index (χ1v) is 4.49. The average molecular weight is 230 g/mol. The van der Waals surface area contributed by atoms with E-state index in [1.54, 1.807) is 11.7 Å². The average Bonchev–Trinajstić information content (AvgIpc) is 2.29. The largest absolute Gasteiger partial charge is 0.350 e. The summed E-state index contributed by atoms with van der Waals surface area (Å²) in [5.41, 5.74) is 1.69. The van der Waals surface area contributed by atoms with Gasteiger partial charge in [-0.2, -0.15) is 5.10 Å². The van der Waals surface area contributed by atoms with E-state index < -0.39 is 0 Å². The minimum Gasteiger partial charge on any atom is -0.350 e. The Balaban J connectivity index is 2.62. The topological polar surface area (TPSA) is 46.9 Å². The Hall–Kier alpha value is -0.840. The molecule has 1 aliphatic heterocycles. The fraction of sp³-hybridized carbons (Fsp3) is 0.429. The number of aryl methyl sites for hydroxylation is 1. The second-order valence-corrected chi connectivity index (χ2v) is 3.50. The van der Waals surface area contributed by atoms with Crippen LogP contribution in [0.2, 0.25) is 0 Å². The Morgan fingerprint density at radius 1 is 1.67 bits per heavy atom. The van der Waals surface area contributed by atoms with Gasteiger partial charge in [0.15, 0.2) is 0 Å². The third-order valence-corrected chi connectivity index (χ3v) is 2.61. The van der Waals surface area contributed by atoms with Crippen LogP contribution in [0.15, 0.2) is 4.60 Å². The lowest BCUT2D eigenvalue weighted by Crippen LogP contribution is -2.33. The van der Waals surface area contributed by atoms with Crippen LogP contribution in [0, 0.1) is 0 Å². The zero-order valence-corrected chi connectivity index (χ0v) is 8.18. The number of rotatable bonds is 0. The third-order valence-electron chi connectivity index (χ3n) is 1.97. The lowest BCUT2D eigenvalue weighted by atomic mass is 10.1. The van der Waals surface area contributed by atoms with Crippen LogP contribution in [-0.4, -0.2) is 22.2 Å². The molecule has 0 radical (unpaired) electrons. The SMILES string of the molecule is Cn1nc(Br)c2c1C(=O)NCC2. The van der Waals surface area contributed by atoms with Gasteiger partial charge in [-0.05, 0) is 22.4 Å². The highest BCUT2D eigenvalue weighted by atomic mass is 79.9. The summed E-state index contributed by atoms with van der Waals surface area (Å²) in [5, 5.41) is 6.89. The standard InChI is InChI=1S/C7H8BrN3O/c1-11-5-4(6(8)10-11)2-3-9-7(5)12/h2-3H2,1H3,(H,9,12). The number of aromatic nitrogens is 2. The number of carbonyl (C=O) groups is 1. The van der Waals surface area contributed by atoms with Gasteiger partial charge in [0.25, 0.3) is 5.91 Å². The number of hydrogen-bond donors (Lipinski definition) is 1. The molecule has 1 aromatic heterocycles. The van der Waals surface area contributed by atoms with Gasteiger partial charge in [-0.1, -0.05) is 0 Å². The second kappa shape index (κ2) is 2.58. The van der Waals surface area contributed by atoms with Gasteiger partial charge in [0.2, 0.25) is 0 Å². The molecule has 0 saturated carbocycles. The minimum absolute atomic E-state index is 0.0306. The number of fused-ring (bicyclic) bond motifs is 1. The van der Waals surface area contributed by atoms with E-state index in [1.165, 1.54) is 0 Å². The maximum absolute atomic E-state index is 11.3. The predicted molar refractivity (Wildman–Crippen MR) is 46.9 cm³/mol. The Kier molecular flexibility index (Phi) is 1.68. The zero-order chi connectivity index (χ0) is 8.72. The van der Waals surface area contributed by atoms with Crippen LogP contribution in [0.4, 0.5) is 0 Å². The van der Waals surface area contributed by atoms with Gasteiger partial charge in [-0.15, -0.1) is 0 Å². The minimum atomic E-state index is -0.0306. The Labute approximate surface area is 78.1 Å². The molecular weight excluding hydrogens is 222 g/mol. The van der Waals surface area contributed by atoms with E-state index in [0.717, 1.165) is 16.6 Å². The van der Waals surface area contributed by atoms with Crippen molar-refractivity contribution in [1.82, 2.24) is 15.1 Å². The first kappa shape index (κ1) is 7.79. The van der Waals surface area contributed by atoms with Crippen molar-refractivity contribution in [3.8, 4) is 0 Å². The van der Waals surface area contributed by atoms with Crippen LogP contribution in [0.25, 0.3) is 0 Å². The molecule has 0 unspecified atom stereocenters. The summed E-state index contributed by atoms with van der Waals surface area (Å²) in [7, 11) is 1.77. The number of halogens is 1. The summed E-state index contributed by atoms with van der Waals surface area (Å²) in [6.07, 6.45) is 0.857. The quantitative estimate of drug-likeness (QED) is 0.704. The van der Waals surface area contributed by atoms with Crippen molar-refractivity contribution in [2.24, 2.45) is 7.05 Å². The van der Waals surface area contributed by atoms with Gasteiger partial charge in [-0.25, -0.2) is 0 Å². The van der Waals surface area contributed by atoms with E-state index in [9.17, 15) is 4.79 Å². The van der Waals surface area contributed by atoms with Gasteiger partial charge in [-0.3, -0.25) is 9.48 Å². The molecule has 1 aromatic rings. The second-order valence-electron chi connectivity index (χ2n) is 2.75. The van der Waals surface area contributed by atoms with E-state index in [1.807, 2.05) is 0 Å². The molecule has 0 aromatic carbocycles. The molecule has 4 nitrogen and oxygen atoms in total. The van der Waals surface area contributed by atoms with Gasteiger partial charge >= 0.3 is 0 Å². The van der Waals surface area contributed by atoms with E-state index >= 15 is 0 Å². The number of amides is 1. The highest BCUT2D eigenvalue weighted by Gasteiger charge is 2.23. The Morgan fingerprint density at radius 2 is 2.42 bits per heavy atom. The number of nitrogens with zero attached hydrogens (tertiary/aromatic N) is 2. The monoisotopic (exact) mass is 229 g/mol. The van der Waals surface area contributed by atoms with E-state index in [4.69, 9.17) is 0 Å². The lowest BCUT2D eigenvalue weighted by molar-refractivity contribution is 0.0936. The predicted octanol–water partition coefficient (Wildman–Crippen LogP) is 0.468. The molecule has 1 aliphatic rings. The third kappa shape index (κ3) is 0.964. The maximum atomic E-state index is 11.3. The molecule has 0 spiro atoms. The van der Waals surface area contributed by atoms with E-state index in [-0.39, 0.29) is 5.91 Å². The van der Waals surface area contributed by atoms with E-state index in [2.05, 4.69) is 26.3 Å². The molecule has 2 heterocycles. The molecule has 0 aliphatic carbocycles. The van der Waals surface area contributed by atoms with Gasteiger partial charge in [0, 0.05) is 19.2 Å². The molecule has 0 bridgehead atoms. The lowest BCUT2D eigenvalue weighted by Gasteiger charge is -2.12. The van der Waals surface area contributed by atoms with Crippen molar-refractivity contribution in [1.29, 1.82) is 0 Å². The summed E-state index contributed by atoms with van der Waals surface area (Å²) >= 11 is 3.32. The highest BCUT2D eigenvalue weighted by Crippen LogP contribution is 2.21. The molecule has 0 atom stereocenters. The maximum Gasteiger partial charge on any atom is 0.269 e. The van der Waals surface area contributed by atoms with Crippen molar-refractivity contribution >= 4 is 21.8 Å². The van der Waals surface area contributed by atoms with Crippen LogP contribution in [0.1, 0.15) is 16.1 Å². The van der Waals surface area contributed by atoms with Crippen molar-refractivity contribution in [3.05, 3.63) is 15.9 Å². The Morgan fingerprint density at radius 3 is 3.08 bits per heavy atom. The van der Waals surface area contributed by atoms with Crippen molar-refractivity contribution in [2.75, 3.05) is 6.54 Å². The van der Waals surface area contributed by atoms with Crippen LogP contribution < -0.4 is 5.32 Å². The summed E-state index contributed by atoms with van der Waals surface area (Å²) < 4.78 is 2.39. The summed E-state index contributed by atoms with van der Waals surface area (Å²) in [5.74, 6) is -0.0306. The first-order chi connectivity index (χ1) is 5.70. The number of nitrogens with one attached hydrogen (secondary N) is 1. The summed E-state index contributed by atoms with van der Waals surface area (Å²) in [6, 6.07) is 0. The molecule has 1 N–H and O–H groups in total.